The Bertz CT molecular complexity index is 506. The minimum atomic E-state index is -1.05. The van der Waals surface area contributed by atoms with Gasteiger partial charge in [-0.05, 0) is 22.0 Å². The minimum Gasteiger partial charge on any atom is -0.386 e. The first-order valence-corrected chi connectivity index (χ1v) is 6.38. The van der Waals surface area contributed by atoms with Gasteiger partial charge in [0, 0.05) is 19.6 Å². The fraction of sp³-hybridized carbons (Fsp3) is 0.455. The fourth-order valence-corrected chi connectivity index (χ4v) is 2.17. The van der Waals surface area contributed by atoms with Crippen molar-refractivity contribution in [1.82, 2.24) is 0 Å². The summed E-state index contributed by atoms with van der Waals surface area (Å²) in [5.74, 6) is -0.708. The Kier molecular flexibility index (Phi) is 4.02. The van der Waals surface area contributed by atoms with Gasteiger partial charge in [-0.3, -0.25) is 10.1 Å². The maximum atomic E-state index is 13.3. The molecule has 0 aromatic heterocycles. The third kappa shape index (κ3) is 3.20. The Labute approximate surface area is 116 Å². The Morgan fingerprint density at radius 2 is 2.37 bits per heavy atom. The van der Waals surface area contributed by atoms with Crippen LogP contribution in [-0.2, 0) is 4.74 Å². The highest BCUT2D eigenvalue weighted by Crippen LogP contribution is 2.31. The first-order chi connectivity index (χ1) is 8.91. The van der Waals surface area contributed by atoms with Crippen molar-refractivity contribution in [2.75, 3.05) is 25.1 Å². The Morgan fingerprint density at radius 1 is 1.63 bits per heavy atom. The number of aliphatic hydroxyl groups is 1. The van der Waals surface area contributed by atoms with Gasteiger partial charge in [0.05, 0.1) is 22.1 Å². The number of halogens is 2. The first kappa shape index (κ1) is 14.2. The summed E-state index contributed by atoms with van der Waals surface area (Å²) < 4.78 is 18.5. The highest BCUT2D eigenvalue weighted by molar-refractivity contribution is 9.10. The number of anilines is 1. The van der Waals surface area contributed by atoms with Gasteiger partial charge in [0.25, 0.3) is 5.69 Å². The third-order valence-electron chi connectivity index (χ3n) is 2.93. The topological polar surface area (TPSA) is 84.6 Å². The molecule has 1 fully saturated rings. The number of rotatable bonds is 4. The molecule has 6 nitrogen and oxygen atoms in total. The molecule has 1 heterocycles. The molecule has 0 aliphatic carbocycles. The molecule has 1 aliphatic rings. The average Bonchev–Trinajstić information content (AvgIpc) is 2.77. The second kappa shape index (κ2) is 5.40. The van der Waals surface area contributed by atoms with E-state index in [-0.39, 0.29) is 29.0 Å². The van der Waals surface area contributed by atoms with E-state index >= 15 is 0 Å². The van der Waals surface area contributed by atoms with Crippen LogP contribution >= 0.6 is 15.9 Å². The molecular weight excluding hydrogens is 323 g/mol. The summed E-state index contributed by atoms with van der Waals surface area (Å²) in [6.45, 7) is 0.732. The molecule has 2 rings (SSSR count). The quantitative estimate of drug-likeness (QED) is 0.650. The van der Waals surface area contributed by atoms with E-state index in [1.807, 2.05) is 0 Å². The molecule has 104 valence electrons. The second-order valence-electron chi connectivity index (χ2n) is 4.42. The molecule has 8 heteroatoms. The van der Waals surface area contributed by atoms with Crippen LogP contribution in [0.4, 0.5) is 15.8 Å². The van der Waals surface area contributed by atoms with Gasteiger partial charge in [-0.2, -0.15) is 0 Å². The summed E-state index contributed by atoms with van der Waals surface area (Å²) in [5, 5.41) is 23.7. The fourth-order valence-electron chi connectivity index (χ4n) is 1.82. The van der Waals surface area contributed by atoms with E-state index in [0.29, 0.717) is 13.0 Å². The van der Waals surface area contributed by atoms with Crippen LogP contribution in [0.2, 0.25) is 0 Å². The lowest BCUT2D eigenvalue weighted by Crippen LogP contribution is -2.37. The SMILES string of the molecule is O=[N+]([O-])c1cc(F)c(Br)cc1NCC1(O)CCOC1. The molecule has 1 aliphatic heterocycles. The highest BCUT2D eigenvalue weighted by atomic mass is 79.9. The summed E-state index contributed by atoms with van der Waals surface area (Å²) in [5.41, 5.74) is -1.27. The molecule has 1 aromatic carbocycles. The summed E-state index contributed by atoms with van der Waals surface area (Å²) in [6.07, 6.45) is 0.455. The molecule has 0 saturated carbocycles. The van der Waals surface area contributed by atoms with Gasteiger partial charge in [0.1, 0.15) is 17.1 Å². The van der Waals surface area contributed by atoms with E-state index < -0.39 is 16.3 Å². The molecule has 0 amide bonds. The van der Waals surface area contributed by atoms with E-state index in [2.05, 4.69) is 21.2 Å². The minimum absolute atomic E-state index is 0.103. The average molecular weight is 335 g/mol. The lowest BCUT2D eigenvalue weighted by atomic mass is 10.0. The number of ether oxygens (including phenoxy) is 1. The molecule has 2 N–H and O–H groups in total. The van der Waals surface area contributed by atoms with Crippen molar-refractivity contribution in [1.29, 1.82) is 0 Å². The summed E-state index contributed by atoms with van der Waals surface area (Å²) in [7, 11) is 0. The van der Waals surface area contributed by atoms with Crippen LogP contribution in [0, 0.1) is 15.9 Å². The summed E-state index contributed by atoms with van der Waals surface area (Å²) in [6, 6.07) is 2.12. The molecule has 0 spiro atoms. The van der Waals surface area contributed by atoms with Crippen LogP contribution < -0.4 is 5.32 Å². The van der Waals surface area contributed by atoms with Crippen LogP contribution in [0.1, 0.15) is 6.42 Å². The molecule has 1 saturated heterocycles. The largest absolute Gasteiger partial charge is 0.386 e. The normalized spacial score (nSPS) is 22.5. The maximum absolute atomic E-state index is 13.3. The number of nitro benzene ring substituents is 1. The second-order valence-corrected chi connectivity index (χ2v) is 5.28. The van der Waals surface area contributed by atoms with E-state index in [1.54, 1.807) is 0 Å². The van der Waals surface area contributed by atoms with Crippen molar-refractivity contribution in [3.05, 3.63) is 32.5 Å². The van der Waals surface area contributed by atoms with Crippen LogP contribution in [0.3, 0.4) is 0 Å². The van der Waals surface area contributed by atoms with Gasteiger partial charge >= 0.3 is 0 Å². The zero-order chi connectivity index (χ0) is 14.0. The lowest BCUT2D eigenvalue weighted by Gasteiger charge is -2.21. The maximum Gasteiger partial charge on any atom is 0.295 e. The van der Waals surface area contributed by atoms with Crippen molar-refractivity contribution in [2.45, 2.75) is 12.0 Å². The molecular formula is C11H12BrFN2O4. The predicted molar refractivity (Wildman–Crippen MR) is 69.6 cm³/mol. The van der Waals surface area contributed by atoms with Crippen molar-refractivity contribution in [3.63, 3.8) is 0 Å². The van der Waals surface area contributed by atoms with Gasteiger partial charge in [0.15, 0.2) is 0 Å². The zero-order valence-electron chi connectivity index (χ0n) is 9.86. The summed E-state index contributed by atoms with van der Waals surface area (Å²) >= 11 is 2.97. The van der Waals surface area contributed by atoms with Gasteiger partial charge < -0.3 is 15.2 Å². The number of benzene rings is 1. The van der Waals surface area contributed by atoms with Gasteiger partial charge in [-0.15, -0.1) is 0 Å². The van der Waals surface area contributed by atoms with Crippen molar-refractivity contribution >= 4 is 27.3 Å². The first-order valence-electron chi connectivity index (χ1n) is 5.59. The van der Waals surface area contributed by atoms with E-state index in [1.165, 1.54) is 6.07 Å². The molecule has 0 bridgehead atoms. The zero-order valence-corrected chi connectivity index (χ0v) is 11.4. The molecule has 1 aromatic rings. The number of nitrogens with one attached hydrogen (secondary N) is 1. The monoisotopic (exact) mass is 334 g/mol. The van der Waals surface area contributed by atoms with Crippen LogP contribution in [0.25, 0.3) is 0 Å². The molecule has 19 heavy (non-hydrogen) atoms. The molecule has 1 atom stereocenters. The Morgan fingerprint density at radius 3 is 2.95 bits per heavy atom. The van der Waals surface area contributed by atoms with E-state index in [0.717, 1.165) is 6.07 Å². The summed E-state index contributed by atoms with van der Waals surface area (Å²) in [4.78, 5) is 10.2. The lowest BCUT2D eigenvalue weighted by molar-refractivity contribution is -0.384. The smallest absolute Gasteiger partial charge is 0.295 e. The van der Waals surface area contributed by atoms with Crippen molar-refractivity contribution < 1.29 is 19.2 Å². The number of hydrogen-bond donors (Lipinski definition) is 2. The highest BCUT2D eigenvalue weighted by Gasteiger charge is 2.32. The molecule has 1 unspecified atom stereocenters. The Balaban J connectivity index is 2.19. The van der Waals surface area contributed by atoms with Crippen LogP contribution in [-0.4, -0.2) is 35.4 Å². The Hall–Kier alpha value is -1.25. The number of nitrogens with zero attached hydrogens (tertiary/aromatic N) is 1. The van der Waals surface area contributed by atoms with Crippen LogP contribution in [0.15, 0.2) is 16.6 Å². The third-order valence-corrected chi connectivity index (χ3v) is 3.53. The predicted octanol–water partition coefficient (Wildman–Crippen LogP) is 2.06. The van der Waals surface area contributed by atoms with Crippen molar-refractivity contribution in [3.8, 4) is 0 Å². The number of hydrogen-bond acceptors (Lipinski definition) is 5. The van der Waals surface area contributed by atoms with Gasteiger partial charge in [0.2, 0.25) is 0 Å². The van der Waals surface area contributed by atoms with E-state index in [4.69, 9.17) is 4.74 Å². The van der Waals surface area contributed by atoms with Gasteiger partial charge in [-0.1, -0.05) is 0 Å². The van der Waals surface area contributed by atoms with Gasteiger partial charge in [-0.25, -0.2) is 4.39 Å². The molecule has 0 radical (unpaired) electrons. The van der Waals surface area contributed by atoms with Crippen molar-refractivity contribution in [2.24, 2.45) is 0 Å². The van der Waals surface area contributed by atoms with Crippen LogP contribution in [0.5, 0.6) is 0 Å². The standard InChI is InChI=1S/C11H12BrFN2O4/c12-7-3-9(10(15(17)18)4-8(7)13)14-5-11(16)1-2-19-6-11/h3-4,14,16H,1-2,5-6H2. The van der Waals surface area contributed by atoms with E-state index in [9.17, 15) is 19.6 Å². The number of nitro groups is 1.